The summed E-state index contributed by atoms with van der Waals surface area (Å²) >= 11 is 0. The van der Waals surface area contributed by atoms with E-state index >= 15 is 0 Å². The largest absolute Gasteiger partial charge is 0.364 e. The zero-order chi connectivity index (χ0) is 13.5. The zero-order valence-electron chi connectivity index (χ0n) is 12.0. The van der Waals surface area contributed by atoms with Crippen molar-refractivity contribution in [1.82, 2.24) is 15.4 Å². The minimum Gasteiger partial charge on any atom is -0.364 e. The van der Waals surface area contributed by atoms with E-state index in [-0.39, 0.29) is 29.1 Å². The Kier molecular flexibility index (Phi) is 4.12. The molecule has 3 rings (SSSR count). The molecule has 1 saturated carbocycles. The first kappa shape index (κ1) is 15.3. The summed E-state index contributed by atoms with van der Waals surface area (Å²) in [6, 6.07) is 1.80. The number of hydrogen-bond donors (Lipinski definition) is 1. The van der Waals surface area contributed by atoms with Gasteiger partial charge in [0, 0.05) is 13.1 Å². The highest BCUT2D eigenvalue weighted by molar-refractivity contribution is 5.86. The van der Waals surface area contributed by atoms with Crippen LogP contribution in [0.5, 0.6) is 0 Å². The van der Waals surface area contributed by atoms with Crippen molar-refractivity contribution in [1.29, 1.82) is 0 Å². The predicted molar refractivity (Wildman–Crippen MR) is 77.5 cm³/mol. The zero-order valence-corrected chi connectivity index (χ0v) is 12.8. The van der Waals surface area contributed by atoms with E-state index in [2.05, 4.69) is 17.4 Å². The van der Waals surface area contributed by atoms with Gasteiger partial charge in [0.15, 0.2) is 0 Å². The molecular weight excluding hydrogens is 278 g/mol. The fourth-order valence-electron chi connectivity index (χ4n) is 3.62. The molecule has 1 aliphatic heterocycles. The number of rotatable bonds is 3. The van der Waals surface area contributed by atoms with Gasteiger partial charge in [-0.05, 0) is 37.8 Å². The average Bonchev–Trinajstić information content (AvgIpc) is 2.81. The van der Waals surface area contributed by atoms with E-state index in [0.717, 1.165) is 38.0 Å². The molecule has 1 aromatic rings. The fourth-order valence-corrected chi connectivity index (χ4v) is 3.62. The number of aromatic nitrogens is 1. The molecule has 1 spiro atoms. The molecule has 1 aromatic heterocycles. The number of nitrogens with zero attached hydrogens (tertiary/aromatic N) is 2. The van der Waals surface area contributed by atoms with E-state index in [0.29, 0.717) is 6.54 Å². The van der Waals surface area contributed by atoms with E-state index < -0.39 is 0 Å². The van der Waals surface area contributed by atoms with Gasteiger partial charge in [-0.15, -0.1) is 12.4 Å². The molecule has 1 unspecified atom stereocenters. The summed E-state index contributed by atoms with van der Waals surface area (Å²) in [6.07, 6.45) is 4.81. The van der Waals surface area contributed by atoms with Crippen LogP contribution in [0.4, 0.5) is 0 Å². The third-order valence-corrected chi connectivity index (χ3v) is 5.01. The van der Waals surface area contributed by atoms with Crippen LogP contribution < -0.4 is 5.32 Å². The Labute approximate surface area is 125 Å². The molecule has 1 atom stereocenters. The second kappa shape index (κ2) is 5.37. The van der Waals surface area contributed by atoms with Gasteiger partial charge in [0.05, 0.1) is 12.0 Å². The van der Waals surface area contributed by atoms with Gasteiger partial charge in [0.2, 0.25) is 5.91 Å². The normalized spacial score (nSPS) is 26.9. The first-order chi connectivity index (χ1) is 9.07. The Bertz CT molecular complexity index is 471. The van der Waals surface area contributed by atoms with E-state index in [1.807, 2.05) is 7.05 Å². The maximum absolute atomic E-state index is 12.7. The summed E-state index contributed by atoms with van der Waals surface area (Å²) in [6.45, 7) is 4.73. The van der Waals surface area contributed by atoms with Crippen molar-refractivity contribution in [3.05, 3.63) is 18.0 Å². The van der Waals surface area contributed by atoms with Crippen LogP contribution in [0.2, 0.25) is 0 Å². The Morgan fingerprint density at radius 3 is 2.80 bits per heavy atom. The number of hydrogen-bond acceptors (Lipinski definition) is 4. The minimum atomic E-state index is -0.173. The predicted octanol–water partition coefficient (Wildman–Crippen LogP) is 1.83. The van der Waals surface area contributed by atoms with E-state index in [1.165, 1.54) is 0 Å². The molecular formula is C14H22ClN3O2. The fraction of sp³-hybridized carbons (Fsp3) is 0.714. The lowest BCUT2D eigenvalue weighted by Gasteiger charge is -2.29. The Hall–Kier alpha value is -1.07. The van der Waals surface area contributed by atoms with Crippen LogP contribution in [0.3, 0.4) is 0 Å². The third kappa shape index (κ3) is 2.33. The molecule has 112 valence electrons. The Morgan fingerprint density at radius 1 is 1.50 bits per heavy atom. The molecule has 2 heterocycles. The van der Waals surface area contributed by atoms with Gasteiger partial charge < -0.3 is 14.7 Å². The molecule has 0 radical (unpaired) electrons. The number of carbonyl (C=O) groups is 1. The molecule has 2 aliphatic rings. The molecule has 0 bridgehead atoms. The second-order valence-corrected chi connectivity index (χ2v) is 6.19. The van der Waals surface area contributed by atoms with Crippen LogP contribution in [0.15, 0.2) is 16.9 Å². The third-order valence-electron chi connectivity index (χ3n) is 5.01. The van der Waals surface area contributed by atoms with Crippen molar-refractivity contribution >= 4 is 18.3 Å². The molecule has 20 heavy (non-hydrogen) atoms. The van der Waals surface area contributed by atoms with Crippen LogP contribution in [0.1, 0.15) is 31.9 Å². The monoisotopic (exact) mass is 299 g/mol. The highest BCUT2D eigenvalue weighted by atomic mass is 35.5. The molecule has 0 aromatic carbocycles. The van der Waals surface area contributed by atoms with Crippen molar-refractivity contribution in [3.8, 4) is 0 Å². The maximum atomic E-state index is 12.7. The van der Waals surface area contributed by atoms with Crippen molar-refractivity contribution in [2.24, 2.45) is 10.8 Å². The van der Waals surface area contributed by atoms with Gasteiger partial charge >= 0.3 is 0 Å². The molecule has 2 fully saturated rings. The smallest absolute Gasteiger partial charge is 0.229 e. The topological polar surface area (TPSA) is 58.4 Å². The van der Waals surface area contributed by atoms with E-state index in [1.54, 1.807) is 17.2 Å². The van der Waals surface area contributed by atoms with Crippen LogP contribution in [-0.2, 0) is 11.3 Å². The summed E-state index contributed by atoms with van der Waals surface area (Å²) in [5.74, 6) is 0.248. The van der Waals surface area contributed by atoms with Crippen LogP contribution >= 0.6 is 12.4 Å². The summed E-state index contributed by atoms with van der Waals surface area (Å²) in [5.41, 5.74) is 0.875. The van der Waals surface area contributed by atoms with Gasteiger partial charge in [-0.1, -0.05) is 12.1 Å². The van der Waals surface area contributed by atoms with Gasteiger partial charge in [-0.25, -0.2) is 0 Å². The molecule has 1 N–H and O–H groups in total. The first-order valence-corrected chi connectivity index (χ1v) is 6.93. The van der Waals surface area contributed by atoms with Gasteiger partial charge in [-0.3, -0.25) is 4.79 Å². The summed E-state index contributed by atoms with van der Waals surface area (Å²) in [4.78, 5) is 14.5. The summed E-state index contributed by atoms with van der Waals surface area (Å²) in [5, 5.41) is 7.24. The van der Waals surface area contributed by atoms with Gasteiger partial charge in [0.1, 0.15) is 12.0 Å². The number of carbonyl (C=O) groups excluding carboxylic acids is 1. The van der Waals surface area contributed by atoms with Crippen LogP contribution in [-0.4, -0.2) is 36.1 Å². The Morgan fingerprint density at radius 2 is 2.20 bits per heavy atom. The number of piperidine rings is 1. The molecule has 1 amide bonds. The lowest BCUT2D eigenvalue weighted by atomic mass is 9.85. The summed E-state index contributed by atoms with van der Waals surface area (Å²) in [7, 11) is 1.86. The quantitative estimate of drug-likeness (QED) is 0.925. The molecule has 1 saturated heterocycles. The first-order valence-electron chi connectivity index (χ1n) is 6.93. The van der Waals surface area contributed by atoms with Gasteiger partial charge in [-0.2, -0.15) is 0 Å². The number of nitrogens with one attached hydrogen (secondary N) is 1. The highest BCUT2D eigenvalue weighted by Gasteiger charge is 2.68. The minimum absolute atomic E-state index is 0. The molecule has 5 nitrogen and oxygen atoms in total. The second-order valence-electron chi connectivity index (χ2n) is 6.19. The van der Waals surface area contributed by atoms with Crippen molar-refractivity contribution in [2.75, 3.05) is 20.1 Å². The highest BCUT2D eigenvalue weighted by Crippen LogP contribution is 2.68. The van der Waals surface area contributed by atoms with Crippen molar-refractivity contribution in [3.63, 3.8) is 0 Å². The Balaban J connectivity index is 0.00000147. The number of halogens is 1. The van der Waals surface area contributed by atoms with Crippen molar-refractivity contribution < 1.29 is 9.32 Å². The lowest BCUT2D eigenvalue weighted by molar-refractivity contribution is -0.137. The molecule has 1 aliphatic carbocycles. The molecule has 6 heteroatoms. The van der Waals surface area contributed by atoms with E-state index in [9.17, 15) is 4.79 Å². The standard InChI is InChI=1S/C14H21N3O2.ClH/c1-13(10-14(13)4-6-15-7-5-14)12(18)17(2)9-11-3-8-19-16-11;/h3,8,15H,4-7,9-10H2,1-2H3;1H. The van der Waals surface area contributed by atoms with Crippen LogP contribution in [0, 0.1) is 10.8 Å². The number of amides is 1. The van der Waals surface area contributed by atoms with Crippen LogP contribution in [0.25, 0.3) is 0 Å². The van der Waals surface area contributed by atoms with Gasteiger partial charge in [0.25, 0.3) is 0 Å². The average molecular weight is 300 g/mol. The SMILES string of the molecule is CN(Cc1ccon1)C(=O)C1(C)CC12CCNCC2.Cl. The van der Waals surface area contributed by atoms with E-state index in [4.69, 9.17) is 4.52 Å². The van der Waals surface area contributed by atoms with Crippen molar-refractivity contribution in [2.45, 2.75) is 32.7 Å². The lowest BCUT2D eigenvalue weighted by Crippen LogP contribution is -2.39. The maximum Gasteiger partial charge on any atom is 0.229 e. The summed E-state index contributed by atoms with van der Waals surface area (Å²) < 4.78 is 4.81.